The van der Waals surface area contributed by atoms with E-state index in [2.05, 4.69) is 5.32 Å². The third kappa shape index (κ3) is 3.61. The quantitative estimate of drug-likeness (QED) is 0.415. The molecule has 9 nitrogen and oxygen atoms in total. The van der Waals surface area contributed by atoms with Crippen LogP contribution in [-0.2, 0) is 14.3 Å². The van der Waals surface area contributed by atoms with Crippen LogP contribution in [0, 0.1) is 15.5 Å². The van der Waals surface area contributed by atoms with Gasteiger partial charge in [-0.1, -0.05) is 20.8 Å². The average molecular weight is 442 g/mol. The Bertz CT molecular complexity index is 1080. The van der Waals surface area contributed by atoms with Gasteiger partial charge in [-0.05, 0) is 31.2 Å². The van der Waals surface area contributed by atoms with Crippen molar-refractivity contribution in [2.75, 3.05) is 13.4 Å². The molecule has 32 heavy (non-hydrogen) atoms. The number of nitro benzene ring substituents is 1. The van der Waals surface area contributed by atoms with Gasteiger partial charge in [0.1, 0.15) is 0 Å². The summed E-state index contributed by atoms with van der Waals surface area (Å²) in [5, 5.41) is 15.3. The molecule has 170 valence electrons. The first kappa shape index (κ1) is 21.9. The number of dihydropyridines is 1. The minimum Gasteiger partial charge on any atom is -0.463 e. The Hall–Kier alpha value is -3.36. The van der Waals surface area contributed by atoms with Crippen molar-refractivity contribution in [3.63, 3.8) is 0 Å². The number of fused-ring (bicyclic) bond motifs is 1. The molecule has 1 aromatic carbocycles. The molecule has 0 spiro atoms. The lowest BCUT2D eigenvalue weighted by atomic mass is 9.68. The maximum absolute atomic E-state index is 13.4. The van der Waals surface area contributed by atoms with Crippen molar-refractivity contribution >= 4 is 17.4 Å². The van der Waals surface area contributed by atoms with E-state index in [1.165, 1.54) is 12.1 Å². The predicted molar refractivity (Wildman–Crippen MR) is 114 cm³/mol. The maximum atomic E-state index is 13.4. The highest BCUT2D eigenvalue weighted by Crippen LogP contribution is 2.51. The monoisotopic (exact) mass is 442 g/mol. The van der Waals surface area contributed by atoms with Crippen LogP contribution < -0.4 is 14.8 Å². The highest BCUT2D eigenvalue weighted by molar-refractivity contribution is 6.04. The van der Waals surface area contributed by atoms with Gasteiger partial charge in [0, 0.05) is 29.0 Å². The molecule has 1 unspecified atom stereocenters. The second-order valence-corrected chi connectivity index (χ2v) is 8.88. The molecule has 1 atom stereocenters. The highest BCUT2D eigenvalue weighted by Gasteiger charge is 2.46. The Morgan fingerprint density at radius 3 is 2.56 bits per heavy atom. The van der Waals surface area contributed by atoms with Gasteiger partial charge in [-0.3, -0.25) is 14.9 Å². The summed E-state index contributed by atoms with van der Waals surface area (Å²) in [6.07, 6.45) is 1.33. The maximum Gasteiger partial charge on any atom is 0.336 e. The molecule has 2 heterocycles. The van der Waals surface area contributed by atoms with E-state index in [0.717, 1.165) is 0 Å². The fourth-order valence-electron chi connectivity index (χ4n) is 4.73. The number of benzene rings is 1. The van der Waals surface area contributed by atoms with E-state index in [9.17, 15) is 19.7 Å². The van der Waals surface area contributed by atoms with E-state index in [1.807, 2.05) is 20.8 Å². The zero-order chi connectivity index (χ0) is 23.2. The fraction of sp³-hybridized carbons (Fsp3) is 0.478. The molecule has 0 amide bonds. The van der Waals surface area contributed by atoms with Gasteiger partial charge in [-0.2, -0.15) is 0 Å². The van der Waals surface area contributed by atoms with Crippen molar-refractivity contribution in [3.8, 4) is 11.5 Å². The van der Waals surface area contributed by atoms with E-state index in [0.29, 0.717) is 35.6 Å². The number of esters is 1. The summed E-state index contributed by atoms with van der Waals surface area (Å²) in [6, 6.07) is 2.81. The van der Waals surface area contributed by atoms with Crippen LogP contribution in [-0.4, -0.2) is 30.1 Å². The molecule has 9 heteroatoms. The van der Waals surface area contributed by atoms with Gasteiger partial charge in [0.15, 0.2) is 17.3 Å². The fourth-order valence-corrected chi connectivity index (χ4v) is 4.73. The number of nitro groups is 1. The molecule has 0 saturated heterocycles. The first-order chi connectivity index (χ1) is 15.2. The minimum atomic E-state index is -0.932. The molecule has 1 aromatic rings. The molecular formula is C23H26N2O7. The largest absolute Gasteiger partial charge is 0.463 e. The third-order valence-corrected chi connectivity index (χ3v) is 6.00. The summed E-state index contributed by atoms with van der Waals surface area (Å²) in [5.41, 5.74) is 1.62. The van der Waals surface area contributed by atoms with Crippen LogP contribution in [0.15, 0.2) is 34.7 Å². The summed E-state index contributed by atoms with van der Waals surface area (Å²) in [5.74, 6) is -1.07. The van der Waals surface area contributed by atoms with E-state index in [-0.39, 0.29) is 53.6 Å². The van der Waals surface area contributed by atoms with Crippen LogP contribution in [0.5, 0.6) is 11.5 Å². The number of carbonyl (C=O) groups excluding carboxylic acids is 2. The summed E-state index contributed by atoms with van der Waals surface area (Å²) >= 11 is 0. The molecule has 0 fully saturated rings. The molecule has 2 aliphatic heterocycles. The number of hydrogen-bond donors (Lipinski definition) is 1. The number of nitrogens with one attached hydrogen (secondary N) is 1. The van der Waals surface area contributed by atoms with Gasteiger partial charge < -0.3 is 19.5 Å². The average Bonchev–Trinajstić information content (AvgIpc) is 3.18. The van der Waals surface area contributed by atoms with Crippen LogP contribution in [0.2, 0.25) is 0 Å². The van der Waals surface area contributed by atoms with Crippen LogP contribution >= 0.6 is 0 Å². The minimum absolute atomic E-state index is 0.0516. The van der Waals surface area contributed by atoms with E-state index < -0.39 is 16.8 Å². The van der Waals surface area contributed by atoms with Crippen molar-refractivity contribution < 1.29 is 28.7 Å². The molecule has 0 radical (unpaired) electrons. The Kier molecular flexibility index (Phi) is 5.44. The Balaban J connectivity index is 2.00. The number of allylic oxidation sites excluding steroid dienone is 3. The Morgan fingerprint density at radius 1 is 1.25 bits per heavy atom. The van der Waals surface area contributed by atoms with Crippen molar-refractivity contribution in [1.29, 1.82) is 0 Å². The van der Waals surface area contributed by atoms with Crippen molar-refractivity contribution in [3.05, 3.63) is 50.4 Å². The van der Waals surface area contributed by atoms with Gasteiger partial charge >= 0.3 is 5.97 Å². The second kappa shape index (κ2) is 7.96. The summed E-state index contributed by atoms with van der Waals surface area (Å²) in [7, 11) is 0. The molecule has 4 rings (SSSR count). The first-order valence-electron chi connectivity index (χ1n) is 10.7. The Labute approximate surface area is 185 Å². The molecule has 1 N–H and O–H groups in total. The van der Waals surface area contributed by atoms with Gasteiger partial charge in [0.05, 0.1) is 29.1 Å². The first-order valence-corrected chi connectivity index (χ1v) is 10.7. The van der Waals surface area contributed by atoms with Gasteiger partial charge in [0.25, 0.3) is 5.69 Å². The van der Waals surface area contributed by atoms with E-state index in [1.54, 1.807) is 6.92 Å². The molecule has 0 saturated carbocycles. The number of Topliss-reactive ketones (excluding diaryl/α,β-unsaturated/α-hetero) is 1. The molecule has 0 bridgehead atoms. The lowest BCUT2D eigenvalue weighted by molar-refractivity contribution is -0.385. The molecule has 3 aliphatic rings. The number of nitrogens with zero attached hydrogens (tertiary/aromatic N) is 1. The third-order valence-electron chi connectivity index (χ3n) is 6.00. The number of hydrogen-bond acceptors (Lipinski definition) is 8. The van der Waals surface area contributed by atoms with Gasteiger partial charge in [-0.25, -0.2) is 4.79 Å². The van der Waals surface area contributed by atoms with Gasteiger partial charge in [0.2, 0.25) is 6.79 Å². The Morgan fingerprint density at radius 2 is 1.94 bits per heavy atom. The van der Waals surface area contributed by atoms with E-state index >= 15 is 0 Å². The summed E-state index contributed by atoms with van der Waals surface area (Å²) in [6.45, 7) is 7.67. The zero-order valence-corrected chi connectivity index (χ0v) is 18.6. The number of carbonyl (C=O) groups is 2. The van der Waals surface area contributed by atoms with E-state index in [4.69, 9.17) is 14.2 Å². The van der Waals surface area contributed by atoms with Crippen molar-refractivity contribution in [2.45, 2.75) is 52.9 Å². The second-order valence-electron chi connectivity index (χ2n) is 8.88. The zero-order valence-electron chi connectivity index (χ0n) is 18.6. The standard InChI is InChI=1S/C23H26N2O7/c1-5-13-21(22(27)30-6-2)19(20-14(24-13)9-23(3,4)10-16(20)26)12-7-17-18(32-11-31-17)8-15(12)25(28)29/h7-8,19,24H,5-6,9-11H2,1-4H3. The predicted octanol–water partition coefficient (Wildman–Crippen LogP) is 3.88. The molecule has 0 aromatic heterocycles. The molecule has 1 aliphatic carbocycles. The molecular weight excluding hydrogens is 416 g/mol. The van der Waals surface area contributed by atoms with Crippen LogP contribution in [0.4, 0.5) is 5.69 Å². The number of rotatable bonds is 5. The number of ketones is 1. The summed E-state index contributed by atoms with van der Waals surface area (Å²) < 4.78 is 16.1. The lowest BCUT2D eigenvalue weighted by Crippen LogP contribution is -2.39. The normalized spacial score (nSPS) is 21.2. The van der Waals surface area contributed by atoms with Crippen LogP contribution in [0.25, 0.3) is 0 Å². The smallest absolute Gasteiger partial charge is 0.336 e. The van der Waals surface area contributed by atoms with Crippen molar-refractivity contribution in [2.24, 2.45) is 5.41 Å². The summed E-state index contributed by atoms with van der Waals surface area (Å²) in [4.78, 5) is 38.0. The van der Waals surface area contributed by atoms with Crippen LogP contribution in [0.1, 0.15) is 58.4 Å². The van der Waals surface area contributed by atoms with Crippen molar-refractivity contribution in [1.82, 2.24) is 5.32 Å². The topological polar surface area (TPSA) is 117 Å². The number of ether oxygens (including phenoxy) is 3. The van der Waals surface area contributed by atoms with Crippen LogP contribution in [0.3, 0.4) is 0 Å². The SMILES string of the molecule is CCOC(=O)C1=C(CC)NC2=C(C(=O)CC(C)(C)C2)C1c1cc2c(cc1[N+](=O)[O-])OCO2. The lowest BCUT2D eigenvalue weighted by Gasteiger charge is -2.39. The highest BCUT2D eigenvalue weighted by atomic mass is 16.7. The van der Waals surface area contributed by atoms with Gasteiger partial charge in [-0.15, -0.1) is 0 Å².